The molecule has 3 aromatic rings. The molecule has 0 spiro atoms. The molecule has 1 fully saturated rings. The smallest absolute Gasteiger partial charge is 0.306 e. The van der Waals surface area contributed by atoms with Gasteiger partial charge in [0.25, 0.3) is 15.9 Å². The lowest BCUT2D eigenvalue weighted by Crippen LogP contribution is -2.37. The average Bonchev–Trinajstić information content (AvgIpc) is 3.23. The highest BCUT2D eigenvalue weighted by Gasteiger charge is 2.40. The normalized spacial score (nSPS) is 19.0. The number of benzene rings is 2. The molecule has 1 amide bonds. The zero-order chi connectivity index (χ0) is 22.3. The SMILES string of the molecule is O=C1c2ccccc2S(=O)(=O)N1CCCCN1CCC(n2c(=O)[nH]c3ccccc32)CC1. The van der Waals surface area contributed by atoms with E-state index in [1.807, 2.05) is 28.8 Å². The quantitative estimate of drug-likeness (QED) is 0.578. The average molecular weight is 455 g/mol. The highest BCUT2D eigenvalue weighted by atomic mass is 32.2. The molecule has 0 bridgehead atoms. The maximum Gasteiger partial charge on any atom is 0.326 e. The van der Waals surface area contributed by atoms with E-state index in [1.54, 1.807) is 18.2 Å². The summed E-state index contributed by atoms with van der Waals surface area (Å²) in [5.74, 6) is -0.425. The number of unbranched alkanes of at least 4 members (excludes halogenated alkanes) is 1. The van der Waals surface area contributed by atoms with Crippen molar-refractivity contribution in [2.45, 2.75) is 36.6 Å². The van der Waals surface area contributed by atoms with Gasteiger partial charge in [-0.15, -0.1) is 0 Å². The molecule has 32 heavy (non-hydrogen) atoms. The fraction of sp³-hybridized carbons (Fsp3) is 0.391. The second-order valence-corrected chi connectivity index (χ2v) is 10.3. The Bertz CT molecular complexity index is 1320. The Morgan fingerprint density at radius 3 is 2.38 bits per heavy atom. The van der Waals surface area contributed by atoms with Gasteiger partial charge in [0.1, 0.15) is 4.90 Å². The van der Waals surface area contributed by atoms with Crippen LogP contribution in [0.25, 0.3) is 11.0 Å². The maximum atomic E-state index is 12.6. The summed E-state index contributed by atoms with van der Waals surface area (Å²) >= 11 is 0. The Morgan fingerprint density at radius 1 is 0.906 bits per heavy atom. The van der Waals surface area contributed by atoms with Gasteiger partial charge in [0.05, 0.1) is 16.6 Å². The zero-order valence-corrected chi connectivity index (χ0v) is 18.6. The molecular formula is C23H26N4O4S. The second kappa shape index (κ2) is 8.22. The number of imidazole rings is 1. The number of carbonyl (C=O) groups excluding carboxylic acids is 1. The van der Waals surface area contributed by atoms with E-state index < -0.39 is 15.9 Å². The third-order valence-electron chi connectivity index (χ3n) is 6.54. The first-order chi connectivity index (χ1) is 15.5. The number of piperidine rings is 1. The van der Waals surface area contributed by atoms with Gasteiger partial charge < -0.3 is 9.88 Å². The standard InChI is InChI=1S/C23H26N4O4S/c28-22-18-7-1-4-10-21(18)32(30,31)26(22)14-6-5-13-25-15-11-17(12-16-25)27-20-9-3-2-8-19(20)24-23(27)29/h1-4,7-10,17H,5-6,11-16H2,(H,24,29). The van der Waals surface area contributed by atoms with Crippen LogP contribution in [0, 0.1) is 0 Å². The Labute approximate surface area is 186 Å². The molecule has 2 aliphatic heterocycles. The van der Waals surface area contributed by atoms with Crippen molar-refractivity contribution in [3.8, 4) is 0 Å². The highest BCUT2D eigenvalue weighted by molar-refractivity contribution is 7.90. The van der Waals surface area contributed by atoms with E-state index in [4.69, 9.17) is 0 Å². The molecule has 5 rings (SSSR count). The van der Waals surface area contributed by atoms with Gasteiger partial charge in [0, 0.05) is 25.7 Å². The third-order valence-corrected chi connectivity index (χ3v) is 8.38. The molecule has 1 saturated heterocycles. The number of carbonyl (C=O) groups is 1. The van der Waals surface area contributed by atoms with Gasteiger partial charge in [-0.25, -0.2) is 17.5 Å². The van der Waals surface area contributed by atoms with Crippen molar-refractivity contribution in [2.75, 3.05) is 26.2 Å². The first-order valence-electron chi connectivity index (χ1n) is 11.0. The summed E-state index contributed by atoms with van der Waals surface area (Å²) in [5, 5.41) is 0. The van der Waals surface area contributed by atoms with Crippen LogP contribution < -0.4 is 5.69 Å². The Kier molecular flexibility index (Phi) is 5.38. The largest absolute Gasteiger partial charge is 0.326 e. The first kappa shape index (κ1) is 21.0. The number of rotatable bonds is 6. The molecule has 0 saturated carbocycles. The number of hydrogen-bond donors (Lipinski definition) is 1. The second-order valence-electron chi connectivity index (χ2n) is 8.48. The number of fused-ring (bicyclic) bond motifs is 2. The summed E-state index contributed by atoms with van der Waals surface area (Å²) in [4.78, 5) is 30.3. The van der Waals surface area contributed by atoms with Gasteiger partial charge >= 0.3 is 5.69 Å². The minimum absolute atomic E-state index is 0.0536. The van der Waals surface area contributed by atoms with E-state index in [9.17, 15) is 18.0 Å². The molecular weight excluding hydrogens is 428 g/mol. The summed E-state index contributed by atoms with van der Waals surface area (Å²) < 4.78 is 28.1. The van der Waals surface area contributed by atoms with Gasteiger partial charge in [-0.1, -0.05) is 24.3 Å². The van der Waals surface area contributed by atoms with Crippen molar-refractivity contribution in [2.24, 2.45) is 0 Å². The molecule has 3 heterocycles. The van der Waals surface area contributed by atoms with Crippen LogP contribution in [0.1, 0.15) is 42.1 Å². The Hall–Kier alpha value is -2.91. The summed E-state index contributed by atoms with van der Waals surface area (Å²) in [7, 11) is -3.72. The van der Waals surface area contributed by atoms with Crippen molar-refractivity contribution in [3.05, 3.63) is 64.6 Å². The molecule has 9 heteroatoms. The number of nitrogens with zero attached hydrogens (tertiary/aromatic N) is 3. The van der Waals surface area contributed by atoms with E-state index in [-0.39, 0.29) is 28.7 Å². The number of hydrogen-bond acceptors (Lipinski definition) is 5. The first-order valence-corrected chi connectivity index (χ1v) is 12.5. The van der Waals surface area contributed by atoms with Crippen molar-refractivity contribution < 1.29 is 13.2 Å². The molecule has 1 aromatic heterocycles. The lowest BCUT2D eigenvalue weighted by atomic mass is 10.0. The minimum atomic E-state index is -3.72. The summed E-state index contributed by atoms with van der Waals surface area (Å²) in [6, 6.07) is 14.3. The molecule has 8 nitrogen and oxygen atoms in total. The van der Waals surface area contributed by atoms with Gasteiger partial charge in [-0.3, -0.25) is 9.36 Å². The van der Waals surface area contributed by atoms with Crippen LogP contribution in [-0.4, -0.2) is 59.3 Å². The minimum Gasteiger partial charge on any atom is -0.306 e. The molecule has 1 N–H and O–H groups in total. The van der Waals surface area contributed by atoms with Crippen molar-refractivity contribution in [3.63, 3.8) is 0 Å². The lowest BCUT2D eigenvalue weighted by Gasteiger charge is -2.32. The topological polar surface area (TPSA) is 95.5 Å². The predicted octanol–water partition coefficient (Wildman–Crippen LogP) is 2.59. The molecule has 0 radical (unpaired) electrons. The van der Waals surface area contributed by atoms with E-state index in [2.05, 4.69) is 9.88 Å². The van der Waals surface area contributed by atoms with Gasteiger partial charge in [0.2, 0.25) is 0 Å². The molecule has 0 atom stereocenters. The van der Waals surface area contributed by atoms with Gasteiger partial charge in [-0.2, -0.15) is 0 Å². The van der Waals surface area contributed by atoms with Gasteiger partial charge in [0.15, 0.2) is 0 Å². The molecule has 0 unspecified atom stereocenters. The van der Waals surface area contributed by atoms with Crippen LogP contribution in [-0.2, 0) is 10.0 Å². The lowest BCUT2D eigenvalue weighted by molar-refractivity contribution is 0.0868. The number of aromatic amines is 1. The zero-order valence-electron chi connectivity index (χ0n) is 17.7. The summed E-state index contributed by atoms with van der Waals surface area (Å²) in [6.07, 6.45) is 3.24. The third kappa shape index (κ3) is 3.55. The van der Waals surface area contributed by atoms with Crippen molar-refractivity contribution in [1.82, 2.24) is 18.8 Å². The molecule has 0 aliphatic carbocycles. The van der Waals surface area contributed by atoms with Crippen LogP contribution in [0.3, 0.4) is 0 Å². The maximum absolute atomic E-state index is 12.6. The van der Waals surface area contributed by atoms with Crippen LogP contribution in [0.4, 0.5) is 0 Å². The molecule has 2 aliphatic rings. The summed E-state index contributed by atoms with van der Waals surface area (Å²) in [5.41, 5.74) is 2.03. The summed E-state index contributed by atoms with van der Waals surface area (Å²) in [6.45, 7) is 2.84. The van der Waals surface area contributed by atoms with Crippen molar-refractivity contribution >= 4 is 27.0 Å². The number of nitrogens with one attached hydrogen (secondary N) is 1. The number of aromatic nitrogens is 2. The van der Waals surface area contributed by atoms with Crippen LogP contribution in [0.2, 0.25) is 0 Å². The fourth-order valence-corrected chi connectivity index (χ4v) is 6.49. The van der Waals surface area contributed by atoms with Crippen LogP contribution >= 0.6 is 0 Å². The van der Waals surface area contributed by atoms with Crippen LogP contribution in [0.15, 0.2) is 58.2 Å². The van der Waals surface area contributed by atoms with E-state index in [1.165, 1.54) is 6.07 Å². The van der Waals surface area contributed by atoms with Crippen LogP contribution in [0.5, 0.6) is 0 Å². The Balaban J connectivity index is 1.13. The molecule has 2 aromatic carbocycles. The number of amides is 1. The predicted molar refractivity (Wildman–Crippen MR) is 121 cm³/mol. The highest BCUT2D eigenvalue weighted by Crippen LogP contribution is 2.30. The number of H-pyrrole nitrogens is 1. The van der Waals surface area contributed by atoms with Gasteiger partial charge in [-0.05, 0) is 56.5 Å². The number of para-hydroxylation sites is 2. The van der Waals surface area contributed by atoms with E-state index in [0.29, 0.717) is 6.42 Å². The monoisotopic (exact) mass is 454 g/mol. The number of likely N-dealkylation sites (tertiary alicyclic amines) is 1. The van der Waals surface area contributed by atoms with Crippen molar-refractivity contribution in [1.29, 1.82) is 0 Å². The van der Waals surface area contributed by atoms with E-state index in [0.717, 1.165) is 54.2 Å². The fourth-order valence-electron chi connectivity index (χ4n) is 4.88. The Morgan fingerprint density at radius 2 is 1.59 bits per heavy atom. The molecule has 168 valence electrons. The number of sulfonamides is 1. The van der Waals surface area contributed by atoms with E-state index >= 15 is 0 Å².